The summed E-state index contributed by atoms with van der Waals surface area (Å²) in [6.45, 7) is 2.86. The molecule has 0 aromatic heterocycles. The lowest BCUT2D eigenvalue weighted by Crippen LogP contribution is -2.54. The number of hydrogen-bond donors (Lipinski definition) is 2. The second-order valence-electron chi connectivity index (χ2n) is 8.45. The van der Waals surface area contributed by atoms with Gasteiger partial charge in [-0.25, -0.2) is 0 Å². The fourth-order valence-corrected chi connectivity index (χ4v) is 4.61. The van der Waals surface area contributed by atoms with Gasteiger partial charge in [-0.15, -0.1) is 0 Å². The maximum Gasteiger partial charge on any atom is 0.286 e. The second kappa shape index (κ2) is 10.8. The maximum absolute atomic E-state index is 12.8. The van der Waals surface area contributed by atoms with Crippen molar-refractivity contribution in [3.05, 3.63) is 64.4 Å². The summed E-state index contributed by atoms with van der Waals surface area (Å²) < 4.78 is 16.9. The Bertz CT molecular complexity index is 1090. The summed E-state index contributed by atoms with van der Waals surface area (Å²) in [5.74, 6) is 1.10. The predicted molar refractivity (Wildman–Crippen MR) is 130 cm³/mol. The Morgan fingerprint density at radius 2 is 2.09 bits per heavy atom. The SMILES string of the molecule is CCOc1ccc(CNC(=O)C2CCC3O/C(=C/c4cccc(Cl)c4)C(=O)NC3C2)cc1OC. The quantitative estimate of drug-likeness (QED) is 0.578. The fraction of sp³-hybridized carbons (Fsp3) is 0.385. The molecule has 0 spiro atoms. The normalized spacial score (nSPS) is 22.9. The molecule has 2 aliphatic rings. The molecule has 0 bridgehead atoms. The molecule has 1 saturated heterocycles. The van der Waals surface area contributed by atoms with Crippen molar-refractivity contribution in [2.75, 3.05) is 13.7 Å². The minimum Gasteiger partial charge on any atom is -0.493 e. The van der Waals surface area contributed by atoms with Crippen molar-refractivity contribution in [1.82, 2.24) is 10.6 Å². The van der Waals surface area contributed by atoms with Crippen molar-refractivity contribution in [2.45, 2.75) is 44.9 Å². The van der Waals surface area contributed by atoms with Gasteiger partial charge in [0.15, 0.2) is 17.3 Å². The number of morpholine rings is 1. The van der Waals surface area contributed by atoms with Crippen LogP contribution >= 0.6 is 11.6 Å². The van der Waals surface area contributed by atoms with E-state index in [0.29, 0.717) is 48.9 Å². The van der Waals surface area contributed by atoms with Crippen LogP contribution in [0.15, 0.2) is 48.2 Å². The van der Waals surface area contributed by atoms with Crippen LogP contribution in [0.1, 0.15) is 37.3 Å². The van der Waals surface area contributed by atoms with Crippen molar-refractivity contribution in [1.29, 1.82) is 0 Å². The standard InChI is InChI=1S/C26H29ClN2O5/c1-3-33-22-9-7-17(13-23(22)32-2)15-28-25(30)18-8-10-21-20(14-18)29-26(31)24(34-21)12-16-5-4-6-19(27)11-16/h4-7,9,11-13,18,20-21H,3,8,10,14-15H2,1-2H3,(H,28,30)(H,29,31)/b24-12+. The molecule has 2 aromatic carbocycles. The summed E-state index contributed by atoms with van der Waals surface area (Å²) in [4.78, 5) is 25.4. The van der Waals surface area contributed by atoms with Crippen molar-refractivity contribution < 1.29 is 23.8 Å². The van der Waals surface area contributed by atoms with Gasteiger partial charge in [0.05, 0.1) is 19.8 Å². The Labute approximate surface area is 204 Å². The van der Waals surface area contributed by atoms with Crippen LogP contribution in [0.2, 0.25) is 5.02 Å². The number of rotatable bonds is 7. The van der Waals surface area contributed by atoms with Crippen LogP contribution in [-0.4, -0.2) is 37.7 Å². The highest BCUT2D eigenvalue weighted by atomic mass is 35.5. The fourth-order valence-electron chi connectivity index (χ4n) is 4.41. The smallest absolute Gasteiger partial charge is 0.286 e. The van der Waals surface area contributed by atoms with Gasteiger partial charge in [-0.2, -0.15) is 0 Å². The summed E-state index contributed by atoms with van der Waals surface area (Å²) in [5.41, 5.74) is 1.72. The molecule has 34 heavy (non-hydrogen) atoms. The number of benzene rings is 2. The van der Waals surface area contributed by atoms with Gasteiger partial charge >= 0.3 is 0 Å². The monoisotopic (exact) mass is 484 g/mol. The van der Waals surface area contributed by atoms with E-state index in [1.54, 1.807) is 25.3 Å². The summed E-state index contributed by atoms with van der Waals surface area (Å²) >= 11 is 6.03. The Balaban J connectivity index is 1.33. The third kappa shape index (κ3) is 5.65. The van der Waals surface area contributed by atoms with Crippen molar-refractivity contribution >= 4 is 29.5 Å². The molecule has 1 saturated carbocycles. The maximum atomic E-state index is 12.8. The molecule has 7 nitrogen and oxygen atoms in total. The average molecular weight is 485 g/mol. The largest absolute Gasteiger partial charge is 0.493 e. The van der Waals surface area contributed by atoms with E-state index < -0.39 is 0 Å². The molecule has 3 atom stereocenters. The van der Waals surface area contributed by atoms with Gasteiger partial charge in [-0.1, -0.05) is 29.8 Å². The summed E-state index contributed by atoms with van der Waals surface area (Å²) in [6.07, 6.45) is 3.47. The summed E-state index contributed by atoms with van der Waals surface area (Å²) in [6, 6.07) is 12.7. The zero-order chi connectivity index (χ0) is 24.1. The highest BCUT2D eigenvalue weighted by Crippen LogP contribution is 2.32. The number of amides is 2. The molecule has 1 heterocycles. The lowest BCUT2D eigenvalue weighted by atomic mass is 9.82. The lowest BCUT2D eigenvalue weighted by Gasteiger charge is -2.39. The third-order valence-corrected chi connectivity index (χ3v) is 6.35. The lowest BCUT2D eigenvalue weighted by molar-refractivity contribution is -0.134. The van der Waals surface area contributed by atoms with E-state index >= 15 is 0 Å². The van der Waals surface area contributed by atoms with E-state index in [2.05, 4.69) is 10.6 Å². The van der Waals surface area contributed by atoms with Gasteiger partial charge in [0, 0.05) is 17.5 Å². The molecule has 1 aliphatic heterocycles. The number of methoxy groups -OCH3 is 1. The van der Waals surface area contributed by atoms with Crippen LogP contribution in [-0.2, 0) is 20.9 Å². The van der Waals surface area contributed by atoms with Gasteiger partial charge in [0.1, 0.15) is 6.10 Å². The number of nitrogens with one attached hydrogen (secondary N) is 2. The van der Waals surface area contributed by atoms with Gasteiger partial charge in [-0.3, -0.25) is 9.59 Å². The Hall–Kier alpha value is -3.19. The molecule has 2 fully saturated rings. The first-order valence-corrected chi connectivity index (χ1v) is 11.9. The van der Waals surface area contributed by atoms with Crippen molar-refractivity contribution in [2.24, 2.45) is 5.92 Å². The predicted octanol–water partition coefficient (Wildman–Crippen LogP) is 4.09. The molecule has 3 unspecified atom stereocenters. The average Bonchev–Trinajstić information content (AvgIpc) is 2.83. The van der Waals surface area contributed by atoms with Crippen LogP contribution in [0.25, 0.3) is 6.08 Å². The number of ether oxygens (including phenoxy) is 3. The molecule has 1 aliphatic carbocycles. The minimum atomic E-state index is -0.274. The van der Waals surface area contributed by atoms with E-state index in [-0.39, 0.29) is 35.6 Å². The molecule has 2 aromatic rings. The highest BCUT2D eigenvalue weighted by Gasteiger charge is 2.40. The first-order valence-electron chi connectivity index (χ1n) is 11.5. The third-order valence-electron chi connectivity index (χ3n) is 6.12. The number of hydrogen-bond acceptors (Lipinski definition) is 5. The second-order valence-corrected chi connectivity index (χ2v) is 8.88. The molecule has 2 N–H and O–H groups in total. The van der Waals surface area contributed by atoms with Gasteiger partial charge in [-0.05, 0) is 67.7 Å². The first kappa shape index (κ1) is 24.0. The summed E-state index contributed by atoms with van der Waals surface area (Å²) in [5, 5.41) is 6.63. The topological polar surface area (TPSA) is 85.9 Å². The van der Waals surface area contributed by atoms with Crippen LogP contribution in [0.4, 0.5) is 0 Å². The van der Waals surface area contributed by atoms with Gasteiger partial charge in [0.2, 0.25) is 5.91 Å². The first-order chi connectivity index (χ1) is 16.5. The Morgan fingerprint density at radius 1 is 1.24 bits per heavy atom. The van der Waals surface area contributed by atoms with Crippen LogP contribution in [0, 0.1) is 5.92 Å². The zero-order valence-corrected chi connectivity index (χ0v) is 20.1. The van der Waals surface area contributed by atoms with Crippen LogP contribution < -0.4 is 20.1 Å². The summed E-state index contributed by atoms with van der Waals surface area (Å²) in [7, 11) is 1.59. The van der Waals surface area contributed by atoms with Gasteiger partial charge < -0.3 is 24.8 Å². The molecule has 0 radical (unpaired) electrons. The Kier molecular flexibility index (Phi) is 7.63. The zero-order valence-electron chi connectivity index (χ0n) is 19.3. The number of halogens is 1. The molecule has 2 amide bonds. The number of carbonyl (C=O) groups excluding carboxylic acids is 2. The van der Waals surface area contributed by atoms with E-state index in [1.807, 2.05) is 37.3 Å². The van der Waals surface area contributed by atoms with E-state index in [4.69, 9.17) is 25.8 Å². The Morgan fingerprint density at radius 3 is 2.85 bits per heavy atom. The van der Waals surface area contributed by atoms with E-state index in [0.717, 1.165) is 11.1 Å². The van der Waals surface area contributed by atoms with E-state index in [9.17, 15) is 9.59 Å². The van der Waals surface area contributed by atoms with Crippen LogP contribution in [0.3, 0.4) is 0 Å². The van der Waals surface area contributed by atoms with Crippen molar-refractivity contribution in [3.63, 3.8) is 0 Å². The number of carbonyl (C=O) groups is 2. The number of fused-ring (bicyclic) bond motifs is 1. The molecule has 4 rings (SSSR count). The van der Waals surface area contributed by atoms with Crippen molar-refractivity contribution in [3.8, 4) is 11.5 Å². The molecule has 180 valence electrons. The minimum absolute atomic E-state index is 0.0270. The highest BCUT2D eigenvalue weighted by molar-refractivity contribution is 6.30. The molecular formula is C26H29ClN2O5. The molecular weight excluding hydrogens is 456 g/mol. The van der Waals surface area contributed by atoms with E-state index in [1.165, 1.54) is 0 Å². The molecule has 8 heteroatoms. The van der Waals surface area contributed by atoms with Crippen LogP contribution in [0.5, 0.6) is 11.5 Å². The van der Waals surface area contributed by atoms with Gasteiger partial charge in [0.25, 0.3) is 5.91 Å².